The number of hydrogen-bond acceptors (Lipinski definition) is 5. The van der Waals surface area contributed by atoms with Crippen LogP contribution in [0.5, 0.6) is 0 Å². The molecule has 1 saturated carbocycles. The molecule has 0 atom stereocenters. The van der Waals surface area contributed by atoms with E-state index in [0.29, 0.717) is 21.9 Å². The molecule has 2 aliphatic rings. The number of H-pyrrole nitrogens is 1. The molecule has 2 aromatic heterocycles. The lowest BCUT2D eigenvalue weighted by Crippen LogP contribution is -2.66. The lowest BCUT2D eigenvalue weighted by Gasteiger charge is -2.61. The fourth-order valence-electron chi connectivity index (χ4n) is 5.52. The van der Waals surface area contributed by atoms with Crippen LogP contribution in [0.15, 0.2) is 40.2 Å². The summed E-state index contributed by atoms with van der Waals surface area (Å²) in [6.07, 6.45) is 7.46. The van der Waals surface area contributed by atoms with Gasteiger partial charge in [0.2, 0.25) is 0 Å². The van der Waals surface area contributed by atoms with Gasteiger partial charge >= 0.3 is 0 Å². The second kappa shape index (κ2) is 8.46. The van der Waals surface area contributed by atoms with E-state index in [0.717, 1.165) is 62.0 Å². The highest BCUT2D eigenvalue weighted by Gasteiger charge is 2.53. The zero-order chi connectivity index (χ0) is 23.3. The summed E-state index contributed by atoms with van der Waals surface area (Å²) in [6, 6.07) is 6.30. The smallest absolute Gasteiger partial charge is 0.283 e. The van der Waals surface area contributed by atoms with E-state index in [1.165, 1.54) is 0 Å². The lowest BCUT2D eigenvalue weighted by atomic mass is 9.60. The number of benzene rings is 1. The van der Waals surface area contributed by atoms with Gasteiger partial charge in [-0.2, -0.15) is 5.10 Å². The molecular formula is C24H27Cl2N5O2. The molecule has 0 unspecified atom stereocenters. The first-order valence-corrected chi connectivity index (χ1v) is 12.0. The maximum Gasteiger partial charge on any atom is 0.283 e. The van der Waals surface area contributed by atoms with Crippen LogP contribution >= 0.6 is 23.2 Å². The topological polar surface area (TPSA) is 74.2 Å². The molecule has 1 aliphatic heterocycles. The summed E-state index contributed by atoms with van der Waals surface area (Å²) < 4.78 is 1.57. The second-order valence-corrected chi connectivity index (χ2v) is 10.4. The highest BCUT2D eigenvalue weighted by atomic mass is 35.5. The normalized spacial score (nSPS) is 17.8. The fourth-order valence-corrected chi connectivity index (χ4v) is 5.95. The quantitative estimate of drug-likeness (QED) is 0.576. The van der Waals surface area contributed by atoms with Gasteiger partial charge in [-0.1, -0.05) is 23.2 Å². The number of fused-ring (bicyclic) bond motifs is 1. The molecule has 33 heavy (non-hydrogen) atoms. The van der Waals surface area contributed by atoms with E-state index < -0.39 is 0 Å². The molecule has 3 aromatic rings. The molecule has 2 fully saturated rings. The van der Waals surface area contributed by atoms with Gasteiger partial charge in [-0.05, 0) is 61.4 Å². The number of nitrogens with one attached hydrogen (secondary N) is 1. The van der Waals surface area contributed by atoms with E-state index in [4.69, 9.17) is 23.2 Å². The number of nitrogens with zero attached hydrogens (tertiary/aromatic N) is 4. The molecule has 3 heterocycles. The van der Waals surface area contributed by atoms with Crippen LogP contribution in [0.1, 0.15) is 24.8 Å². The predicted molar refractivity (Wildman–Crippen MR) is 133 cm³/mol. The highest BCUT2D eigenvalue weighted by Crippen LogP contribution is 2.51. The lowest BCUT2D eigenvalue weighted by molar-refractivity contribution is -0.0714. The number of aryl methyl sites for hydroxylation is 2. The molecule has 1 aliphatic carbocycles. The molecule has 1 spiro atoms. The first-order chi connectivity index (χ1) is 15.8. The molecule has 174 valence electrons. The molecule has 9 heteroatoms. The van der Waals surface area contributed by atoms with Gasteiger partial charge in [0, 0.05) is 50.5 Å². The molecule has 1 N–H and O–H groups in total. The van der Waals surface area contributed by atoms with Crippen LogP contribution in [0.3, 0.4) is 0 Å². The zero-order valence-corrected chi connectivity index (χ0v) is 20.3. The van der Waals surface area contributed by atoms with Gasteiger partial charge in [0.15, 0.2) is 0 Å². The summed E-state index contributed by atoms with van der Waals surface area (Å²) in [5, 5.41) is 8.45. The van der Waals surface area contributed by atoms with Crippen molar-refractivity contribution < 1.29 is 0 Å². The minimum Gasteiger partial charge on any atom is -0.371 e. The van der Waals surface area contributed by atoms with Gasteiger partial charge in [0.05, 0.1) is 16.6 Å². The number of hydrogen-bond donors (Lipinski definition) is 1. The molecule has 0 radical (unpaired) electrons. The third-order valence-electron chi connectivity index (χ3n) is 7.34. The molecule has 5 rings (SSSR count). The van der Waals surface area contributed by atoms with E-state index in [1.807, 2.05) is 18.2 Å². The largest absolute Gasteiger partial charge is 0.371 e. The average Bonchev–Trinajstić information content (AvgIpc) is 2.73. The summed E-state index contributed by atoms with van der Waals surface area (Å²) in [5.74, 6) is 0. The van der Waals surface area contributed by atoms with E-state index in [9.17, 15) is 9.59 Å². The number of aromatic nitrogens is 3. The van der Waals surface area contributed by atoms with E-state index >= 15 is 0 Å². The molecule has 1 saturated heterocycles. The monoisotopic (exact) mass is 487 g/mol. The van der Waals surface area contributed by atoms with Crippen molar-refractivity contribution in [2.24, 2.45) is 12.5 Å². The van der Waals surface area contributed by atoms with Crippen molar-refractivity contribution in [1.82, 2.24) is 19.7 Å². The first-order valence-electron chi connectivity index (χ1n) is 11.2. The number of halogens is 2. The predicted octanol–water partition coefficient (Wildman–Crippen LogP) is 3.46. The van der Waals surface area contributed by atoms with Crippen LogP contribution in [0.25, 0.3) is 10.8 Å². The van der Waals surface area contributed by atoms with Crippen molar-refractivity contribution in [3.63, 3.8) is 0 Å². The Kier molecular flexibility index (Phi) is 5.75. The third kappa shape index (κ3) is 3.96. The Morgan fingerprint density at radius 3 is 2.73 bits per heavy atom. The van der Waals surface area contributed by atoms with Gasteiger partial charge in [-0.15, -0.1) is 0 Å². The van der Waals surface area contributed by atoms with Crippen LogP contribution in [0, 0.1) is 5.41 Å². The maximum absolute atomic E-state index is 12.6. The minimum atomic E-state index is -0.324. The van der Waals surface area contributed by atoms with Gasteiger partial charge in [-0.25, -0.2) is 5.10 Å². The van der Waals surface area contributed by atoms with Crippen molar-refractivity contribution in [3.05, 3.63) is 66.9 Å². The summed E-state index contributed by atoms with van der Waals surface area (Å²) in [7, 11) is 3.87. The molecule has 1 aromatic carbocycles. The van der Waals surface area contributed by atoms with E-state index in [-0.39, 0.29) is 16.1 Å². The van der Waals surface area contributed by atoms with Gasteiger partial charge in [0.25, 0.3) is 11.1 Å². The number of anilines is 1. The summed E-state index contributed by atoms with van der Waals surface area (Å²) >= 11 is 12.4. The van der Waals surface area contributed by atoms with Crippen LogP contribution in [-0.2, 0) is 13.5 Å². The Bertz CT molecular complexity index is 1320. The van der Waals surface area contributed by atoms with Gasteiger partial charge in [-0.3, -0.25) is 9.59 Å². The van der Waals surface area contributed by atoms with E-state index in [2.05, 4.69) is 27.0 Å². The second-order valence-electron chi connectivity index (χ2n) is 9.61. The number of likely N-dealkylation sites (tertiary alicyclic amines) is 1. The Labute approximate surface area is 201 Å². The Morgan fingerprint density at radius 2 is 1.97 bits per heavy atom. The molecule has 0 bridgehead atoms. The average molecular weight is 488 g/mol. The van der Waals surface area contributed by atoms with Gasteiger partial charge < -0.3 is 14.4 Å². The van der Waals surface area contributed by atoms with Crippen molar-refractivity contribution in [2.45, 2.75) is 31.7 Å². The molecule has 0 amide bonds. The minimum absolute atomic E-state index is 0.0651. The summed E-state index contributed by atoms with van der Waals surface area (Å²) in [4.78, 5) is 29.0. The fraction of sp³-hybridized carbons (Fsp3) is 0.458. The number of pyridine rings is 1. The first kappa shape index (κ1) is 22.4. The number of aromatic amines is 1. The van der Waals surface area contributed by atoms with Crippen molar-refractivity contribution in [2.75, 3.05) is 31.6 Å². The highest BCUT2D eigenvalue weighted by molar-refractivity contribution is 6.36. The summed E-state index contributed by atoms with van der Waals surface area (Å²) in [6.45, 7) is 3.22. The Morgan fingerprint density at radius 1 is 1.21 bits per heavy atom. The van der Waals surface area contributed by atoms with Crippen LogP contribution < -0.4 is 16.0 Å². The third-order valence-corrected chi connectivity index (χ3v) is 8.07. The zero-order valence-electron chi connectivity index (χ0n) is 18.8. The van der Waals surface area contributed by atoms with Crippen molar-refractivity contribution in [3.8, 4) is 0 Å². The van der Waals surface area contributed by atoms with Crippen molar-refractivity contribution in [1.29, 1.82) is 0 Å². The molecule has 7 nitrogen and oxygen atoms in total. The van der Waals surface area contributed by atoms with E-state index in [1.54, 1.807) is 24.0 Å². The van der Waals surface area contributed by atoms with Crippen LogP contribution in [0.2, 0.25) is 10.0 Å². The Balaban J connectivity index is 1.17. The number of rotatable bonds is 6. The Hall–Kier alpha value is -2.35. The van der Waals surface area contributed by atoms with Crippen molar-refractivity contribution >= 4 is 39.7 Å². The SMILES string of the molecule is CN(c1ccc(Cl)c2c(=O)n(C)ccc12)C1CC2(C1)CN(CCCc1cn[nH]c(=O)c1Cl)C2. The van der Waals surface area contributed by atoms with Gasteiger partial charge in [0.1, 0.15) is 5.02 Å². The maximum atomic E-state index is 12.6. The summed E-state index contributed by atoms with van der Waals surface area (Å²) in [5.41, 5.74) is 1.89. The van der Waals surface area contributed by atoms with Crippen LogP contribution in [-0.4, -0.2) is 52.4 Å². The molecular weight excluding hydrogens is 461 g/mol. The standard InChI is InChI=1S/C24H27Cl2N5O2/c1-29-9-7-17-19(6-5-18(25)20(17)23(29)33)30(2)16-10-24(11-16)13-31(14-24)8-3-4-15-12-27-28-22(32)21(15)26/h5-7,9,12,16H,3-4,8,10-11,13-14H2,1-2H3,(H,28,32). The van der Waals surface area contributed by atoms with Crippen LogP contribution in [0.4, 0.5) is 5.69 Å².